The minimum absolute atomic E-state index is 0.114. The van der Waals surface area contributed by atoms with Crippen LogP contribution in [-0.4, -0.2) is 28.3 Å². The number of carbonyl (C=O) groups is 3. The van der Waals surface area contributed by atoms with E-state index in [9.17, 15) is 23.2 Å². The van der Waals surface area contributed by atoms with Crippen molar-refractivity contribution in [3.05, 3.63) is 64.1 Å². The van der Waals surface area contributed by atoms with Crippen LogP contribution in [0.3, 0.4) is 0 Å². The van der Waals surface area contributed by atoms with Crippen molar-refractivity contribution in [3.8, 4) is 11.5 Å². The second kappa shape index (κ2) is 8.41. The number of nitrogens with two attached hydrogens (primary N) is 1. The largest absolute Gasteiger partial charge is 0.480 e. The molecule has 0 saturated carbocycles. The van der Waals surface area contributed by atoms with E-state index in [1.807, 2.05) is 5.32 Å². The van der Waals surface area contributed by atoms with Crippen molar-refractivity contribution in [1.29, 1.82) is 0 Å². The van der Waals surface area contributed by atoms with Gasteiger partial charge in [-0.25, -0.2) is 8.78 Å². The van der Waals surface area contributed by atoms with E-state index in [0.717, 1.165) is 18.2 Å². The quantitative estimate of drug-likeness (QED) is 0.615. The Kier molecular flexibility index (Phi) is 5.95. The van der Waals surface area contributed by atoms with E-state index in [-0.39, 0.29) is 22.8 Å². The summed E-state index contributed by atoms with van der Waals surface area (Å²) < 4.78 is 34.1. The lowest BCUT2D eigenvalue weighted by Crippen LogP contribution is -2.32. The maximum atomic E-state index is 14.3. The molecule has 1 saturated heterocycles. The molecule has 0 bridgehead atoms. The highest BCUT2D eigenvalue weighted by atomic mass is 32.2. The second-order valence-electron chi connectivity index (χ2n) is 6.05. The van der Waals surface area contributed by atoms with Crippen LogP contribution < -0.4 is 15.8 Å². The average Bonchev–Trinajstić information content (AvgIpc) is 2.97. The van der Waals surface area contributed by atoms with Gasteiger partial charge in [-0.1, -0.05) is 12.1 Å². The first-order valence-corrected chi connectivity index (χ1v) is 9.03. The number of rotatable bonds is 6. The topological polar surface area (TPSA) is 119 Å². The first-order chi connectivity index (χ1) is 13.7. The van der Waals surface area contributed by atoms with E-state index in [0.29, 0.717) is 17.3 Å². The molecular formula is C19H14F2N2O5S. The minimum Gasteiger partial charge on any atom is -0.480 e. The van der Waals surface area contributed by atoms with Gasteiger partial charge < -0.3 is 15.6 Å². The van der Waals surface area contributed by atoms with Crippen LogP contribution in [-0.2, 0) is 16.0 Å². The summed E-state index contributed by atoms with van der Waals surface area (Å²) >= 11 is 0.551. The molecule has 0 spiro atoms. The molecule has 2 amide bonds. The maximum Gasteiger partial charge on any atom is 0.320 e. The number of nitrogens with one attached hydrogen (secondary N) is 1. The highest BCUT2D eigenvalue weighted by Gasteiger charge is 2.26. The van der Waals surface area contributed by atoms with Gasteiger partial charge in [0.25, 0.3) is 11.1 Å². The minimum atomic E-state index is -1.12. The zero-order valence-electron chi connectivity index (χ0n) is 14.6. The van der Waals surface area contributed by atoms with Crippen LogP contribution in [0.2, 0.25) is 0 Å². The van der Waals surface area contributed by atoms with Crippen molar-refractivity contribution >= 4 is 35.0 Å². The average molecular weight is 420 g/mol. The molecule has 1 fully saturated rings. The normalized spacial score (nSPS) is 16.0. The molecule has 1 aliphatic heterocycles. The lowest BCUT2D eigenvalue weighted by molar-refractivity contribution is -0.138. The predicted molar refractivity (Wildman–Crippen MR) is 101 cm³/mol. The van der Waals surface area contributed by atoms with Gasteiger partial charge in [-0.3, -0.25) is 19.7 Å². The highest BCUT2D eigenvalue weighted by Crippen LogP contribution is 2.30. The number of carboxylic acid groups (broad SMARTS) is 1. The number of amides is 2. The number of ether oxygens (including phenoxy) is 1. The smallest absolute Gasteiger partial charge is 0.320 e. The summed E-state index contributed by atoms with van der Waals surface area (Å²) in [6.45, 7) is 0. The van der Waals surface area contributed by atoms with Crippen molar-refractivity contribution in [2.75, 3.05) is 0 Å². The monoisotopic (exact) mass is 420 g/mol. The number of imide groups is 1. The molecule has 2 aromatic rings. The standard InChI is InChI=1S/C19H14F2N2O5S/c20-13-6-11(7-14(21)12(13)8-16-17(24)23-19(27)29-16)28-10-3-1-9(2-4-10)5-15(22)18(25)26/h1-4,6-8,15H,5,22H2,(H,25,26)(H,23,24,27)/b16-8-. The molecule has 1 atom stereocenters. The number of aliphatic carboxylic acids is 1. The van der Waals surface area contributed by atoms with Crippen molar-refractivity contribution in [2.24, 2.45) is 5.73 Å². The molecule has 0 aromatic heterocycles. The van der Waals surface area contributed by atoms with Crippen LogP contribution in [0.4, 0.5) is 13.6 Å². The van der Waals surface area contributed by atoms with Crippen molar-refractivity contribution < 1.29 is 33.0 Å². The second-order valence-corrected chi connectivity index (χ2v) is 7.06. The summed E-state index contributed by atoms with van der Waals surface area (Å²) in [4.78, 5) is 33.3. The molecule has 4 N–H and O–H groups in total. The van der Waals surface area contributed by atoms with E-state index in [2.05, 4.69) is 0 Å². The molecule has 1 aliphatic rings. The molecule has 2 aromatic carbocycles. The first kappa shape index (κ1) is 20.5. The zero-order chi connectivity index (χ0) is 21.1. The summed E-state index contributed by atoms with van der Waals surface area (Å²) in [5.74, 6) is -3.62. The number of thioether (sulfide) groups is 1. The Labute approximate surface area is 167 Å². The number of benzene rings is 2. The predicted octanol–water partition coefficient (Wildman–Crippen LogP) is 3.04. The molecule has 0 aliphatic carbocycles. The lowest BCUT2D eigenvalue weighted by Gasteiger charge is -2.10. The fourth-order valence-corrected chi connectivity index (χ4v) is 3.14. The van der Waals surface area contributed by atoms with Gasteiger partial charge in [0.15, 0.2) is 0 Å². The van der Waals surface area contributed by atoms with Gasteiger partial charge in [0, 0.05) is 17.7 Å². The van der Waals surface area contributed by atoms with Crippen LogP contribution in [0.25, 0.3) is 6.08 Å². The Morgan fingerprint density at radius 1 is 1.17 bits per heavy atom. The Bertz CT molecular complexity index is 1000. The molecule has 150 valence electrons. The van der Waals surface area contributed by atoms with Gasteiger partial charge in [0.05, 0.1) is 4.91 Å². The van der Waals surface area contributed by atoms with Crippen LogP contribution in [0.15, 0.2) is 41.3 Å². The van der Waals surface area contributed by atoms with Gasteiger partial charge in [-0.15, -0.1) is 0 Å². The number of hydrogen-bond acceptors (Lipinski definition) is 6. The summed E-state index contributed by atoms with van der Waals surface area (Å²) in [6.07, 6.45) is 1.08. The highest BCUT2D eigenvalue weighted by molar-refractivity contribution is 8.18. The van der Waals surface area contributed by atoms with Crippen LogP contribution in [0, 0.1) is 11.6 Å². The van der Waals surface area contributed by atoms with E-state index < -0.39 is 40.4 Å². The molecule has 10 heteroatoms. The van der Waals surface area contributed by atoms with Crippen molar-refractivity contribution in [3.63, 3.8) is 0 Å². The van der Waals surface area contributed by atoms with Gasteiger partial charge in [-0.05, 0) is 42.0 Å². The number of hydrogen-bond donors (Lipinski definition) is 3. The molecule has 29 heavy (non-hydrogen) atoms. The molecule has 3 rings (SSSR count). The lowest BCUT2D eigenvalue weighted by atomic mass is 10.1. The van der Waals surface area contributed by atoms with Gasteiger partial charge in [0.1, 0.15) is 29.2 Å². The van der Waals surface area contributed by atoms with E-state index in [1.165, 1.54) is 12.1 Å². The van der Waals surface area contributed by atoms with Crippen molar-refractivity contribution in [1.82, 2.24) is 5.32 Å². The third-order valence-electron chi connectivity index (χ3n) is 3.90. The maximum absolute atomic E-state index is 14.3. The molecule has 0 radical (unpaired) electrons. The first-order valence-electron chi connectivity index (χ1n) is 8.22. The summed E-state index contributed by atoms with van der Waals surface area (Å²) in [5, 5.41) is 10.2. The Hall–Kier alpha value is -3.24. The molecule has 7 nitrogen and oxygen atoms in total. The Morgan fingerprint density at radius 3 is 2.31 bits per heavy atom. The van der Waals surface area contributed by atoms with Gasteiger partial charge in [0.2, 0.25) is 0 Å². The van der Waals surface area contributed by atoms with Crippen LogP contribution in [0.5, 0.6) is 11.5 Å². The van der Waals surface area contributed by atoms with Crippen LogP contribution >= 0.6 is 11.8 Å². The fraction of sp³-hybridized carbons (Fsp3) is 0.105. The SMILES string of the molecule is NC(Cc1ccc(Oc2cc(F)c(/C=C3\SC(=O)NC3=O)c(F)c2)cc1)C(=O)O. The number of carboxylic acids is 1. The third kappa shape index (κ3) is 4.98. The fourth-order valence-electron chi connectivity index (χ4n) is 2.48. The number of carbonyl (C=O) groups excluding carboxylic acids is 2. The summed E-state index contributed by atoms with van der Waals surface area (Å²) in [7, 11) is 0. The summed E-state index contributed by atoms with van der Waals surface area (Å²) in [5.41, 5.74) is 5.66. The zero-order valence-corrected chi connectivity index (χ0v) is 15.5. The van der Waals surface area contributed by atoms with Crippen LogP contribution in [0.1, 0.15) is 11.1 Å². The Balaban J connectivity index is 1.76. The molecule has 1 heterocycles. The third-order valence-corrected chi connectivity index (χ3v) is 4.71. The van der Waals surface area contributed by atoms with Gasteiger partial charge >= 0.3 is 5.97 Å². The molecule has 1 unspecified atom stereocenters. The number of halogens is 2. The van der Waals surface area contributed by atoms with E-state index in [4.69, 9.17) is 15.6 Å². The molecular weight excluding hydrogens is 406 g/mol. The van der Waals surface area contributed by atoms with Crippen molar-refractivity contribution in [2.45, 2.75) is 12.5 Å². The summed E-state index contributed by atoms with van der Waals surface area (Å²) in [6, 6.07) is 7.07. The van der Waals surface area contributed by atoms with Gasteiger partial charge in [-0.2, -0.15) is 0 Å². The van der Waals surface area contributed by atoms with E-state index >= 15 is 0 Å². The van der Waals surface area contributed by atoms with E-state index in [1.54, 1.807) is 12.1 Å². The Morgan fingerprint density at radius 2 is 1.79 bits per heavy atom.